The number of carbonyl (C=O) groups excluding carboxylic acids is 1. The van der Waals surface area contributed by atoms with E-state index in [4.69, 9.17) is 16.3 Å². The summed E-state index contributed by atoms with van der Waals surface area (Å²) in [4.78, 5) is 11.7. The fraction of sp³-hybridized carbons (Fsp3) is 0.0714. The van der Waals surface area contributed by atoms with E-state index in [1.54, 1.807) is 18.2 Å². The minimum Gasteiger partial charge on any atom is -0.483 e. The number of nitrogens with one attached hydrogen (secondary N) is 1. The van der Waals surface area contributed by atoms with E-state index >= 15 is 0 Å². The predicted molar refractivity (Wildman–Crippen MR) is 79.7 cm³/mol. The molecule has 2 rings (SSSR count). The summed E-state index contributed by atoms with van der Waals surface area (Å²) >= 11 is 8.93. The molecule has 0 aliphatic rings. The number of amides is 1. The van der Waals surface area contributed by atoms with E-state index in [-0.39, 0.29) is 17.3 Å². The van der Waals surface area contributed by atoms with Crippen LogP contribution in [-0.4, -0.2) is 12.5 Å². The van der Waals surface area contributed by atoms with E-state index in [1.165, 1.54) is 12.1 Å². The van der Waals surface area contributed by atoms with E-state index < -0.39 is 11.7 Å². The van der Waals surface area contributed by atoms with Crippen molar-refractivity contribution in [2.24, 2.45) is 0 Å². The van der Waals surface area contributed by atoms with Gasteiger partial charge in [-0.05, 0) is 46.3 Å². The summed E-state index contributed by atoms with van der Waals surface area (Å²) in [5, 5.41) is 2.68. The monoisotopic (exact) mass is 357 g/mol. The molecule has 2 aromatic rings. The van der Waals surface area contributed by atoms with Gasteiger partial charge in [-0.15, -0.1) is 0 Å². The molecule has 1 amide bonds. The highest BCUT2D eigenvalue weighted by Gasteiger charge is 2.09. The average molecular weight is 359 g/mol. The summed E-state index contributed by atoms with van der Waals surface area (Å²) in [6.07, 6.45) is 0. The zero-order valence-corrected chi connectivity index (χ0v) is 12.5. The Morgan fingerprint density at radius 1 is 1.30 bits per heavy atom. The number of ether oxygens (including phenoxy) is 1. The van der Waals surface area contributed by atoms with Gasteiger partial charge in [-0.2, -0.15) is 0 Å². The highest BCUT2D eigenvalue weighted by atomic mass is 79.9. The van der Waals surface area contributed by atoms with Crippen molar-refractivity contribution in [2.75, 3.05) is 11.9 Å². The SMILES string of the molecule is O=C(COc1ccccc1Br)Nc1ccc(Cl)cc1F. The molecule has 20 heavy (non-hydrogen) atoms. The minimum absolute atomic E-state index is 0.0649. The molecular formula is C14H10BrClFNO2. The topological polar surface area (TPSA) is 38.3 Å². The van der Waals surface area contributed by atoms with Crippen molar-refractivity contribution in [3.05, 3.63) is 57.8 Å². The third-order valence-corrected chi connectivity index (χ3v) is 3.29. The van der Waals surface area contributed by atoms with Crippen LogP contribution < -0.4 is 10.1 Å². The first kappa shape index (κ1) is 14.8. The summed E-state index contributed by atoms with van der Waals surface area (Å²) in [6.45, 7) is -0.218. The lowest BCUT2D eigenvalue weighted by molar-refractivity contribution is -0.118. The van der Waals surface area contributed by atoms with Gasteiger partial charge >= 0.3 is 0 Å². The van der Waals surface area contributed by atoms with Crippen LogP contribution in [0.25, 0.3) is 0 Å². The third kappa shape index (κ3) is 3.95. The molecule has 2 aromatic carbocycles. The maximum Gasteiger partial charge on any atom is 0.262 e. The highest BCUT2D eigenvalue weighted by molar-refractivity contribution is 9.10. The zero-order valence-electron chi connectivity index (χ0n) is 10.2. The number of carbonyl (C=O) groups is 1. The van der Waals surface area contributed by atoms with Crippen LogP contribution in [0.5, 0.6) is 5.75 Å². The lowest BCUT2D eigenvalue weighted by Crippen LogP contribution is -2.20. The molecule has 104 valence electrons. The average Bonchev–Trinajstić information content (AvgIpc) is 2.41. The van der Waals surface area contributed by atoms with Crippen LogP contribution in [0.3, 0.4) is 0 Å². The van der Waals surface area contributed by atoms with E-state index in [9.17, 15) is 9.18 Å². The van der Waals surface area contributed by atoms with Crippen LogP contribution in [0.4, 0.5) is 10.1 Å². The second-order valence-electron chi connectivity index (χ2n) is 3.89. The van der Waals surface area contributed by atoms with Gasteiger partial charge in [0.05, 0.1) is 10.2 Å². The number of para-hydroxylation sites is 1. The number of anilines is 1. The Labute approximate surface area is 128 Å². The molecule has 0 aromatic heterocycles. The maximum absolute atomic E-state index is 13.5. The first-order chi connectivity index (χ1) is 9.56. The largest absolute Gasteiger partial charge is 0.483 e. The molecule has 6 heteroatoms. The van der Waals surface area contributed by atoms with Crippen molar-refractivity contribution in [1.82, 2.24) is 0 Å². The van der Waals surface area contributed by atoms with Crippen LogP contribution in [0.1, 0.15) is 0 Å². The lowest BCUT2D eigenvalue weighted by Gasteiger charge is -2.09. The van der Waals surface area contributed by atoms with E-state index in [0.29, 0.717) is 5.75 Å². The number of hydrogen-bond acceptors (Lipinski definition) is 2. The van der Waals surface area contributed by atoms with Gasteiger partial charge in [0.15, 0.2) is 6.61 Å². The summed E-state index contributed by atoms with van der Waals surface area (Å²) in [7, 11) is 0. The molecule has 0 heterocycles. The summed E-state index contributed by atoms with van der Waals surface area (Å²) in [6, 6.07) is 11.2. The van der Waals surface area contributed by atoms with Crippen LogP contribution in [0, 0.1) is 5.82 Å². The van der Waals surface area contributed by atoms with Crippen LogP contribution in [0.15, 0.2) is 46.9 Å². The molecular weight excluding hydrogens is 349 g/mol. The molecule has 1 N–H and O–H groups in total. The molecule has 3 nitrogen and oxygen atoms in total. The zero-order chi connectivity index (χ0) is 14.5. The Morgan fingerprint density at radius 2 is 2.05 bits per heavy atom. The maximum atomic E-state index is 13.5. The third-order valence-electron chi connectivity index (χ3n) is 2.40. The Morgan fingerprint density at radius 3 is 2.75 bits per heavy atom. The van der Waals surface area contributed by atoms with Crippen molar-refractivity contribution in [1.29, 1.82) is 0 Å². The lowest BCUT2D eigenvalue weighted by atomic mass is 10.3. The number of rotatable bonds is 4. The number of hydrogen-bond donors (Lipinski definition) is 1. The van der Waals surface area contributed by atoms with Crippen molar-refractivity contribution < 1.29 is 13.9 Å². The highest BCUT2D eigenvalue weighted by Crippen LogP contribution is 2.24. The smallest absolute Gasteiger partial charge is 0.262 e. The molecule has 0 aliphatic heterocycles. The fourth-order valence-electron chi connectivity index (χ4n) is 1.48. The van der Waals surface area contributed by atoms with E-state index in [0.717, 1.165) is 10.5 Å². The van der Waals surface area contributed by atoms with Gasteiger partial charge in [-0.25, -0.2) is 4.39 Å². The van der Waals surface area contributed by atoms with Crippen molar-refractivity contribution in [3.8, 4) is 5.75 Å². The van der Waals surface area contributed by atoms with Crippen LogP contribution in [-0.2, 0) is 4.79 Å². The molecule has 0 saturated carbocycles. The number of benzene rings is 2. The molecule has 0 spiro atoms. The van der Waals surface area contributed by atoms with E-state index in [2.05, 4.69) is 21.2 Å². The summed E-state index contributed by atoms with van der Waals surface area (Å²) < 4.78 is 19.6. The molecule has 0 fully saturated rings. The first-order valence-corrected chi connectivity index (χ1v) is 6.85. The van der Waals surface area contributed by atoms with Gasteiger partial charge in [-0.3, -0.25) is 4.79 Å². The first-order valence-electron chi connectivity index (χ1n) is 5.68. The Kier molecular flexibility index (Phi) is 4.98. The van der Waals surface area contributed by atoms with Gasteiger partial charge in [0.25, 0.3) is 5.91 Å². The minimum atomic E-state index is -0.591. The Balaban J connectivity index is 1.94. The Bertz CT molecular complexity index is 636. The fourth-order valence-corrected chi connectivity index (χ4v) is 2.04. The summed E-state index contributed by atoms with van der Waals surface area (Å²) in [5.74, 6) is -0.507. The molecule has 0 radical (unpaired) electrons. The van der Waals surface area contributed by atoms with Gasteiger partial charge in [0, 0.05) is 5.02 Å². The van der Waals surface area contributed by atoms with Gasteiger partial charge < -0.3 is 10.1 Å². The molecule has 0 atom stereocenters. The summed E-state index contributed by atoms with van der Waals surface area (Å²) in [5.41, 5.74) is 0.0649. The number of halogens is 3. The quantitative estimate of drug-likeness (QED) is 0.887. The molecule has 0 unspecified atom stereocenters. The van der Waals surface area contributed by atoms with Gasteiger partial charge in [0.2, 0.25) is 0 Å². The Hall–Kier alpha value is -1.59. The van der Waals surface area contributed by atoms with Crippen LogP contribution >= 0.6 is 27.5 Å². The van der Waals surface area contributed by atoms with E-state index in [1.807, 2.05) is 6.07 Å². The second kappa shape index (κ2) is 6.72. The van der Waals surface area contributed by atoms with Crippen molar-refractivity contribution in [3.63, 3.8) is 0 Å². The molecule has 0 aliphatic carbocycles. The van der Waals surface area contributed by atoms with Crippen molar-refractivity contribution in [2.45, 2.75) is 0 Å². The molecule has 0 bridgehead atoms. The molecule has 0 saturated heterocycles. The van der Waals surface area contributed by atoms with Crippen molar-refractivity contribution >= 4 is 39.1 Å². The normalized spacial score (nSPS) is 10.2. The van der Waals surface area contributed by atoms with Gasteiger partial charge in [0.1, 0.15) is 11.6 Å². The van der Waals surface area contributed by atoms with Crippen LogP contribution in [0.2, 0.25) is 5.02 Å². The second-order valence-corrected chi connectivity index (χ2v) is 5.18. The van der Waals surface area contributed by atoms with Gasteiger partial charge in [-0.1, -0.05) is 23.7 Å². The standard InChI is InChI=1S/C14H10BrClFNO2/c15-10-3-1-2-4-13(10)20-8-14(19)18-12-6-5-9(16)7-11(12)17/h1-7H,8H2,(H,18,19). The predicted octanol–water partition coefficient (Wildman–Crippen LogP) is 4.26.